The molecule has 1 aliphatic rings. The van der Waals surface area contributed by atoms with Crippen molar-refractivity contribution in [2.75, 3.05) is 24.3 Å². The predicted octanol–water partition coefficient (Wildman–Crippen LogP) is 2.10. The van der Waals surface area contributed by atoms with Gasteiger partial charge in [-0.3, -0.25) is 0 Å². The van der Waals surface area contributed by atoms with E-state index in [-0.39, 0.29) is 0 Å². The van der Waals surface area contributed by atoms with Gasteiger partial charge >= 0.3 is 0 Å². The van der Waals surface area contributed by atoms with Crippen LogP contribution in [0, 0.1) is 0 Å². The van der Waals surface area contributed by atoms with Crippen LogP contribution < -0.4 is 15.4 Å². The number of rotatable bonds is 2. The number of aromatic nitrogens is 1. The zero-order valence-electron chi connectivity index (χ0n) is 9.23. The summed E-state index contributed by atoms with van der Waals surface area (Å²) in [6, 6.07) is 4.80. The highest BCUT2D eigenvalue weighted by Gasteiger charge is 2.30. The molecule has 1 unspecified atom stereocenters. The second-order valence-electron chi connectivity index (χ2n) is 4.05. The Bertz CT molecular complexity index is 551. The summed E-state index contributed by atoms with van der Waals surface area (Å²) in [6.45, 7) is 3.32. The van der Waals surface area contributed by atoms with Crippen molar-refractivity contribution < 1.29 is 4.74 Å². The molecular formula is C11H13N3OS. The number of hydrogen-bond acceptors (Lipinski definition) is 5. The highest BCUT2D eigenvalue weighted by atomic mass is 32.1. The Kier molecular flexibility index (Phi) is 1.97. The molecule has 3 rings (SSSR count). The van der Waals surface area contributed by atoms with Gasteiger partial charge in [-0.2, -0.15) is 0 Å². The van der Waals surface area contributed by atoms with Gasteiger partial charge in [-0.05, 0) is 13.0 Å². The Morgan fingerprint density at radius 2 is 2.31 bits per heavy atom. The number of anilines is 2. The average molecular weight is 235 g/mol. The molecule has 16 heavy (non-hydrogen) atoms. The van der Waals surface area contributed by atoms with Gasteiger partial charge in [0, 0.05) is 24.3 Å². The summed E-state index contributed by atoms with van der Waals surface area (Å²) in [7, 11) is 1.67. The fourth-order valence-electron chi connectivity index (χ4n) is 1.92. The predicted molar refractivity (Wildman–Crippen MR) is 67.4 cm³/mol. The second-order valence-corrected chi connectivity index (χ2v) is 5.11. The molecule has 84 valence electrons. The molecule has 0 aliphatic carbocycles. The molecule has 1 aliphatic heterocycles. The number of hydrogen-bond donors (Lipinski definition) is 1. The van der Waals surface area contributed by atoms with E-state index >= 15 is 0 Å². The van der Waals surface area contributed by atoms with Crippen molar-refractivity contribution in [1.82, 2.24) is 4.98 Å². The fraction of sp³-hybridized carbons (Fsp3) is 0.364. The molecule has 0 radical (unpaired) electrons. The van der Waals surface area contributed by atoms with Gasteiger partial charge in [0.15, 0.2) is 5.13 Å². The van der Waals surface area contributed by atoms with E-state index < -0.39 is 0 Å². The summed E-state index contributed by atoms with van der Waals surface area (Å²) in [5.74, 6) is 0.805. The number of nitrogens with zero attached hydrogens (tertiary/aromatic N) is 2. The van der Waals surface area contributed by atoms with Crippen molar-refractivity contribution in [3.63, 3.8) is 0 Å². The van der Waals surface area contributed by atoms with E-state index in [4.69, 9.17) is 10.5 Å². The SMILES string of the molecule is COc1cc(N2CC2C)cc2sc(N)nc12. The molecule has 1 saturated heterocycles. The molecular weight excluding hydrogens is 222 g/mol. The van der Waals surface area contributed by atoms with Crippen LogP contribution in [0.5, 0.6) is 5.75 Å². The molecule has 2 N–H and O–H groups in total. The second kappa shape index (κ2) is 3.25. The standard InChI is InChI=1S/C11H13N3OS/c1-6-5-14(6)7-3-8(15-2)10-9(4-7)16-11(12)13-10/h3-4,6H,5H2,1-2H3,(H2,12,13). The lowest BCUT2D eigenvalue weighted by Crippen LogP contribution is -1.96. The molecule has 1 aromatic heterocycles. The van der Waals surface area contributed by atoms with Crippen molar-refractivity contribution in [3.8, 4) is 5.75 Å². The summed E-state index contributed by atoms with van der Waals surface area (Å²) in [5.41, 5.74) is 7.78. The third kappa shape index (κ3) is 1.39. The molecule has 2 heterocycles. The van der Waals surface area contributed by atoms with Crippen LogP contribution in [-0.4, -0.2) is 24.7 Å². The summed E-state index contributed by atoms with van der Waals surface area (Å²) in [4.78, 5) is 6.59. The first-order valence-corrected chi connectivity index (χ1v) is 6.01. The number of nitrogens with two attached hydrogens (primary N) is 1. The van der Waals surface area contributed by atoms with Crippen molar-refractivity contribution in [2.24, 2.45) is 0 Å². The van der Waals surface area contributed by atoms with Gasteiger partial charge in [-0.25, -0.2) is 4.98 Å². The smallest absolute Gasteiger partial charge is 0.181 e. The molecule has 0 bridgehead atoms. The quantitative estimate of drug-likeness (QED) is 0.810. The third-order valence-electron chi connectivity index (χ3n) is 2.87. The zero-order valence-corrected chi connectivity index (χ0v) is 10.0. The van der Waals surface area contributed by atoms with Gasteiger partial charge in [0.25, 0.3) is 0 Å². The van der Waals surface area contributed by atoms with Crippen LogP contribution in [0.1, 0.15) is 6.92 Å². The van der Waals surface area contributed by atoms with Crippen LogP contribution in [0.2, 0.25) is 0 Å². The molecule has 1 aromatic carbocycles. The summed E-state index contributed by atoms with van der Waals surface area (Å²) >= 11 is 1.50. The first kappa shape index (κ1) is 9.72. The number of ether oxygens (including phenoxy) is 1. The number of fused-ring (bicyclic) bond motifs is 1. The van der Waals surface area contributed by atoms with Crippen LogP contribution in [0.3, 0.4) is 0 Å². The summed E-state index contributed by atoms with van der Waals surface area (Å²) < 4.78 is 6.45. The number of benzene rings is 1. The lowest BCUT2D eigenvalue weighted by Gasteiger charge is -2.07. The highest BCUT2D eigenvalue weighted by Crippen LogP contribution is 2.38. The van der Waals surface area contributed by atoms with Gasteiger partial charge in [0.05, 0.1) is 11.8 Å². The number of thiazole rings is 1. The van der Waals surface area contributed by atoms with Crippen LogP contribution >= 0.6 is 11.3 Å². The number of nitrogen functional groups attached to an aromatic ring is 1. The maximum absolute atomic E-state index is 5.72. The van der Waals surface area contributed by atoms with Crippen molar-refractivity contribution in [3.05, 3.63) is 12.1 Å². The fourth-order valence-corrected chi connectivity index (χ4v) is 2.71. The molecule has 1 fully saturated rings. The minimum absolute atomic E-state index is 0.587. The van der Waals surface area contributed by atoms with Gasteiger partial charge in [0.2, 0.25) is 0 Å². The van der Waals surface area contributed by atoms with E-state index in [1.807, 2.05) is 6.07 Å². The largest absolute Gasteiger partial charge is 0.494 e. The Morgan fingerprint density at radius 3 is 2.94 bits per heavy atom. The van der Waals surface area contributed by atoms with Crippen LogP contribution in [0.25, 0.3) is 10.2 Å². The van der Waals surface area contributed by atoms with E-state index in [1.54, 1.807) is 7.11 Å². The van der Waals surface area contributed by atoms with Crippen LogP contribution in [-0.2, 0) is 0 Å². The van der Waals surface area contributed by atoms with Crippen LogP contribution in [0.4, 0.5) is 10.8 Å². The van der Waals surface area contributed by atoms with E-state index in [0.717, 1.165) is 22.5 Å². The molecule has 0 saturated carbocycles. The molecule has 4 nitrogen and oxygen atoms in total. The minimum atomic E-state index is 0.587. The Labute approximate surface area is 97.6 Å². The van der Waals surface area contributed by atoms with E-state index in [9.17, 15) is 0 Å². The molecule has 1 atom stereocenters. The molecule has 0 spiro atoms. The van der Waals surface area contributed by atoms with E-state index in [0.29, 0.717) is 11.2 Å². The molecule has 0 amide bonds. The highest BCUT2D eigenvalue weighted by molar-refractivity contribution is 7.22. The first-order chi connectivity index (χ1) is 7.69. The van der Waals surface area contributed by atoms with Gasteiger partial charge in [-0.1, -0.05) is 11.3 Å². The van der Waals surface area contributed by atoms with Gasteiger partial charge in [-0.15, -0.1) is 0 Å². The normalized spacial score (nSPS) is 19.1. The third-order valence-corrected chi connectivity index (χ3v) is 3.70. The number of methoxy groups -OCH3 is 1. The molecule has 2 aromatic rings. The minimum Gasteiger partial charge on any atom is -0.494 e. The van der Waals surface area contributed by atoms with E-state index in [2.05, 4.69) is 22.9 Å². The van der Waals surface area contributed by atoms with Crippen molar-refractivity contribution >= 4 is 32.4 Å². The zero-order chi connectivity index (χ0) is 11.3. The first-order valence-electron chi connectivity index (χ1n) is 5.19. The molecule has 5 heteroatoms. The summed E-state index contributed by atoms with van der Waals surface area (Å²) in [5, 5.41) is 0.587. The van der Waals surface area contributed by atoms with E-state index in [1.165, 1.54) is 17.0 Å². The lowest BCUT2D eigenvalue weighted by molar-refractivity contribution is 0.419. The van der Waals surface area contributed by atoms with Crippen molar-refractivity contribution in [1.29, 1.82) is 0 Å². The van der Waals surface area contributed by atoms with Gasteiger partial charge in [0.1, 0.15) is 11.3 Å². The summed E-state index contributed by atoms with van der Waals surface area (Å²) in [6.07, 6.45) is 0. The Hall–Kier alpha value is -1.49. The Balaban J connectivity index is 2.18. The topological polar surface area (TPSA) is 51.1 Å². The monoisotopic (exact) mass is 235 g/mol. The lowest BCUT2D eigenvalue weighted by atomic mass is 10.2. The van der Waals surface area contributed by atoms with Crippen molar-refractivity contribution in [2.45, 2.75) is 13.0 Å². The Morgan fingerprint density at radius 1 is 1.56 bits per heavy atom. The average Bonchev–Trinajstić information content (AvgIpc) is 2.86. The maximum atomic E-state index is 5.72. The van der Waals surface area contributed by atoms with Gasteiger partial charge < -0.3 is 15.4 Å². The maximum Gasteiger partial charge on any atom is 0.181 e. The van der Waals surface area contributed by atoms with Crippen LogP contribution in [0.15, 0.2) is 12.1 Å².